The van der Waals surface area contributed by atoms with E-state index in [0.29, 0.717) is 12.4 Å². The maximum Gasteiger partial charge on any atom is 0.328 e. The van der Waals surface area contributed by atoms with E-state index < -0.39 is 5.97 Å². The predicted octanol–water partition coefficient (Wildman–Crippen LogP) is 5.87. The topological polar surface area (TPSA) is 75.1 Å². The first-order valence-corrected chi connectivity index (χ1v) is 11.0. The number of hydrogen-bond donors (Lipinski definition) is 2. The number of carboxylic acid groups (broad SMARTS) is 1. The Morgan fingerprint density at radius 3 is 2.69 bits per heavy atom. The predicted molar refractivity (Wildman–Crippen MR) is 128 cm³/mol. The summed E-state index contributed by atoms with van der Waals surface area (Å²) in [7, 11) is 0. The summed E-state index contributed by atoms with van der Waals surface area (Å²) in [6.45, 7) is 4.69. The Morgan fingerprint density at radius 2 is 1.94 bits per heavy atom. The molecule has 0 aliphatic heterocycles. The zero-order valence-electron chi connectivity index (χ0n) is 17.7. The molecule has 2 aromatic carbocycles. The van der Waals surface area contributed by atoms with Crippen molar-refractivity contribution in [1.82, 2.24) is 9.97 Å². The summed E-state index contributed by atoms with van der Waals surface area (Å²) < 4.78 is 15.1. The number of aromatic nitrogens is 2. The molecule has 2 aromatic heterocycles. The number of nitrogens with one attached hydrogen (secondary N) is 1. The van der Waals surface area contributed by atoms with Crippen LogP contribution >= 0.6 is 11.3 Å². The van der Waals surface area contributed by atoms with Gasteiger partial charge in [-0.25, -0.2) is 19.2 Å². The molecule has 2 heterocycles. The van der Waals surface area contributed by atoms with Crippen LogP contribution < -0.4 is 5.32 Å². The third-order valence-corrected chi connectivity index (χ3v) is 6.52. The molecule has 0 aliphatic carbocycles. The quantitative estimate of drug-likeness (QED) is 0.347. The molecular formula is C25H22FN3O2S. The molecule has 0 atom stereocenters. The van der Waals surface area contributed by atoms with Gasteiger partial charge in [-0.2, -0.15) is 0 Å². The summed E-state index contributed by atoms with van der Waals surface area (Å²) in [6, 6.07) is 12.6. The highest BCUT2D eigenvalue weighted by molar-refractivity contribution is 7.19. The van der Waals surface area contributed by atoms with E-state index in [2.05, 4.69) is 22.2 Å². The van der Waals surface area contributed by atoms with Crippen molar-refractivity contribution in [3.8, 4) is 11.3 Å². The van der Waals surface area contributed by atoms with Gasteiger partial charge in [-0.3, -0.25) is 0 Å². The highest BCUT2D eigenvalue weighted by atomic mass is 32.1. The van der Waals surface area contributed by atoms with Crippen molar-refractivity contribution < 1.29 is 14.3 Å². The van der Waals surface area contributed by atoms with Crippen molar-refractivity contribution >= 4 is 39.3 Å². The van der Waals surface area contributed by atoms with Gasteiger partial charge in [0.05, 0.1) is 5.69 Å². The minimum atomic E-state index is -0.980. The number of hydrogen-bond acceptors (Lipinski definition) is 5. The highest BCUT2D eigenvalue weighted by Crippen LogP contribution is 2.34. The summed E-state index contributed by atoms with van der Waals surface area (Å²) in [5.41, 5.74) is 4.62. The molecule has 0 saturated heterocycles. The Kier molecular flexibility index (Phi) is 6.28. The SMILES string of the molecule is Cc1sc2c(C)cc(F)cc2c1CCNc1cc(-c2ccc(/C=C/C(=O)O)cc2)ncn1. The minimum Gasteiger partial charge on any atom is -0.478 e. The van der Waals surface area contributed by atoms with Crippen LogP contribution in [0.5, 0.6) is 0 Å². The molecule has 0 bridgehead atoms. The number of benzene rings is 2. The van der Waals surface area contributed by atoms with Crippen molar-refractivity contribution in [2.24, 2.45) is 0 Å². The Morgan fingerprint density at radius 1 is 1.16 bits per heavy atom. The van der Waals surface area contributed by atoms with Crippen LogP contribution in [0.25, 0.3) is 27.4 Å². The lowest BCUT2D eigenvalue weighted by Gasteiger charge is -2.08. The largest absolute Gasteiger partial charge is 0.478 e. The number of rotatable bonds is 7. The molecule has 5 nitrogen and oxygen atoms in total. The number of nitrogens with zero attached hydrogens (tertiary/aromatic N) is 2. The number of carbonyl (C=O) groups is 1. The smallest absolute Gasteiger partial charge is 0.328 e. The molecular weight excluding hydrogens is 425 g/mol. The maximum absolute atomic E-state index is 13.9. The van der Waals surface area contributed by atoms with E-state index in [9.17, 15) is 9.18 Å². The van der Waals surface area contributed by atoms with E-state index in [4.69, 9.17) is 5.11 Å². The van der Waals surface area contributed by atoms with Crippen LogP contribution in [0.1, 0.15) is 21.6 Å². The molecule has 4 rings (SSSR count). The Balaban J connectivity index is 1.46. The number of anilines is 1. The van der Waals surface area contributed by atoms with E-state index >= 15 is 0 Å². The normalized spacial score (nSPS) is 11.3. The summed E-state index contributed by atoms with van der Waals surface area (Å²) in [6.07, 6.45) is 4.93. The third kappa shape index (κ3) is 4.84. The van der Waals surface area contributed by atoms with Crippen molar-refractivity contribution in [2.45, 2.75) is 20.3 Å². The lowest BCUT2D eigenvalue weighted by molar-refractivity contribution is -0.131. The molecule has 0 amide bonds. The number of halogens is 1. The molecule has 0 radical (unpaired) electrons. The van der Waals surface area contributed by atoms with E-state index in [1.54, 1.807) is 29.5 Å². The van der Waals surface area contributed by atoms with Crippen LogP contribution in [0, 0.1) is 19.7 Å². The second-order valence-electron chi connectivity index (χ2n) is 7.50. The first kappa shape index (κ1) is 21.6. The number of thiophene rings is 1. The molecule has 32 heavy (non-hydrogen) atoms. The zero-order chi connectivity index (χ0) is 22.7. The van der Waals surface area contributed by atoms with Gasteiger partial charge in [0.2, 0.25) is 0 Å². The number of aryl methyl sites for hydroxylation is 2. The molecule has 0 unspecified atom stereocenters. The second kappa shape index (κ2) is 9.28. The molecule has 0 spiro atoms. The first-order chi connectivity index (χ1) is 15.4. The molecule has 2 N–H and O–H groups in total. The fourth-order valence-electron chi connectivity index (χ4n) is 3.66. The maximum atomic E-state index is 13.9. The summed E-state index contributed by atoms with van der Waals surface area (Å²) >= 11 is 1.71. The van der Waals surface area contributed by atoms with Gasteiger partial charge in [0.1, 0.15) is 18.0 Å². The minimum absolute atomic E-state index is 0.202. The summed E-state index contributed by atoms with van der Waals surface area (Å²) in [4.78, 5) is 20.5. The molecule has 0 aliphatic rings. The van der Waals surface area contributed by atoms with Crippen molar-refractivity contribution in [3.05, 3.63) is 82.3 Å². The Hall–Kier alpha value is -3.58. The van der Waals surface area contributed by atoms with Gasteiger partial charge in [-0.1, -0.05) is 24.3 Å². The van der Waals surface area contributed by atoms with E-state index in [-0.39, 0.29) is 5.82 Å². The zero-order valence-corrected chi connectivity index (χ0v) is 18.5. The monoisotopic (exact) mass is 447 g/mol. The number of carboxylic acids is 1. The van der Waals surface area contributed by atoms with Gasteiger partial charge in [-0.15, -0.1) is 11.3 Å². The van der Waals surface area contributed by atoms with Crippen LogP contribution in [0.4, 0.5) is 10.2 Å². The van der Waals surface area contributed by atoms with E-state index in [1.807, 2.05) is 37.3 Å². The van der Waals surface area contributed by atoms with Crippen LogP contribution in [0.15, 0.2) is 54.9 Å². The average molecular weight is 448 g/mol. The van der Waals surface area contributed by atoms with Crippen LogP contribution in [0.2, 0.25) is 0 Å². The van der Waals surface area contributed by atoms with Gasteiger partial charge in [0, 0.05) is 33.8 Å². The first-order valence-electron chi connectivity index (χ1n) is 10.2. The second-order valence-corrected chi connectivity index (χ2v) is 8.72. The average Bonchev–Trinajstić information content (AvgIpc) is 3.08. The van der Waals surface area contributed by atoms with Gasteiger partial charge >= 0.3 is 5.97 Å². The van der Waals surface area contributed by atoms with Crippen LogP contribution in [-0.4, -0.2) is 27.6 Å². The van der Waals surface area contributed by atoms with Gasteiger partial charge in [0.15, 0.2) is 0 Å². The Bertz CT molecular complexity index is 1310. The number of aliphatic carboxylic acids is 1. The standard InChI is InChI=1S/C25H22FN3O2S/c1-15-11-19(26)12-21-20(16(2)32-25(15)21)9-10-27-23-13-22(28-14-29-23)18-6-3-17(4-7-18)5-8-24(30)31/h3-8,11-14H,9-10H2,1-2H3,(H,30,31)(H,27,28,29)/b8-5+. The van der Waals surface area contributed by atoms with Crippen molar-refractivity contribution in [2.75, 3.05) is 11.9 Å². The molecule has 4 aromatic rings. The van der Waals surface area contributed by atoms with Gasteiger partial charge < -0.3 is 10.4 Å². The van der Waals surface area contributed by atoms with Crippen molar-refractivity contribution in [1.29, 1.82) is 0 Å². The van der Waals surface area contributed by atoms with Gasteiger partial charge in [-0.05, 0) is 60.6 Å². The van der Waals surface area contributed by atoms with E-state index in [0.717, 1.165) is 45.0 Å². The van der Waals surface area contributed by atoms with Crippen molar-refractivity contribution in [3.63, 3.8) is 0 Å². The molecule has 0 fully saturated rings. The summed E-state index contributed by atoms with van der Waals surface area (Å²) in [5.74, 6) is -0.470. The van der Waals surface area contributed by atoms with Crippen LogP contribution in [-0.2, 0) is 11.2 Å². The van der Waals surface area contributed by atoms with Gasteiger partial charge in [0.25, 0.3) is 0 Å². The van der Waals surface area contributed by atoms with E-state index in [1.165, 1.54) is 16.8 Å². The lowest BCUT2D eigenvalue weighted by atomic mass is 10.1. The van der Waals surface area contributed by atoms with Crippen LogP contribution in [0.3, 0.4) is 0 Å². The molecule has 162 valence electrons. The number of fused-ring (bicyclic) bond motifs is 1. The lowest BCUT2D eigenvalue weighted by Crippen LogP contribution is -2.07. The fraction of sp³-hybridized carbons (Fsp3) is 0.160. The highest BCUT2D eigenvalue weighted by Gasteiger charge is 2.12. The fourth-order valence-corrected chi connectivity index (χ4v) is 4.82. The molecule has 7 heteroatoms. The Labute approximate surface area is 189 Å². The molecule has 0 saturated carbocycles. The third-order valence-electron chi connectivity index (χ3n) is 5.22. The summed E-state index contributed by atoms with van der Waals surface area (Å²) in [5, 5.41) is 13.1.